The zero-order chi connectivity index (χ0) is 15.6. The summed E-state index contributed by atoms with van der Waals surface area (Å²) in [5.41, 5.74) is 6.07. The van der Waals surface area contributed by atoms with Crippen molar-refractivity contribution < 1.29 is 4.74 Å². The predicted molar refractivity (Wildman–Crippen MR) is 89.3 cm³/mol. The lowest BCUT2D eigenvalue weighted by atomic mass is 9.94. The van der Waals surface area contributed by atoms with E-state index in [4.69, 9.17) is 4.74 Å². The second kappa shape index (κ2) is 6.97. The van der Waals surface area contributed by atoms with Crippen LogP contribution in [0.3, 0.4) is 0 Å². The van der Waals surface area contributed by atoms with Crippen LogP contribution in [0.15, 0.2) is 0 Å². The summed E-state index contributed by atoms with van der Waals surface area (Å²) in [4.78, 5) is 2.53. The molecule has 0 saturated carbocycles. The van der Waals surface area contributed by atoms with Crippen LogP contribution in [0.4, 0.5) is 0 Å². The average Bonchev–Trinajstić information content (AvgIpc) is 2.70. The number of hydrogen-bond acceptors (Lipinski definition) is 2. The summed E-state index contributed by atoms with van der Waals surface area (Å²) in [6.07, 6.45) is 0. The molecule has 0 amide bonds. The summed E-state index contributed by atoms with van der Waals surface area (Å²) in [5.74, 6) is 1.19. The Bertz CT molecular complexity index is 468. The molecule has 2 rings (SSSR count). The van der Waals surface area contributed by atoms with Gasteiger partial charge in [0.15, 0.2) is 0 Å². The first-order chi connectivity index (χ1) is 9.93. The van der Waals surface area contributed by atoms with Crippen molar-refractivity contribution in [3.05, 3.63) is 22.5 Å². The molecule has 120 valence electrons. The number of rotatable bonds is 5. The Balaban J connectivity index is 2.23. The number of nitrogens with zero attached hydrogens (tertiary/aromatic N) is 2. The molecule has 1 aromatic heterocycles. The molecule has 2 heterocycles. The van der Waals surface area contributed by atoms with Crippen LogP contribution >= 0.6 is 0 Å². The van der Waals surface area contributed by atoms with Crippen molar-refractivity contribution in [2.24, 2.45) is 0 Å². The smallest absolute Gasteiger partial charge is 0.0594 e. The largest absolute Gasteiger partial charge is 0.379 e. The van der Waals surface area contributed by atoms with E-state index in [1.807, 2.05) is 0 Å². The molecule has 0 radical (unpaired) electrons. The maximum absolute atomic E-state index is 5.44. The van der Waals surface area contributed by atoms with E-state index in [0.717, 1.165) is 39.4 Å². The van der Waals surface area contributed by atoms with Gasteiger partial charge >= 0.3 is 0 Å². The Kier molecular flexibility index (Phi) is 5.50. The van der Waals surface area contributed by atoms with Crippen LogP contribution in [0.25, 0.3) is 0 Å². The minimum atomic E-state index is 0.583. The highest BCUT2D eigenvalue weighted by molar-refractivity contribution is 5.41. The first-order valence-electron chi connectivity index (χ1n) is 8.43. The van der Waals surface area contributed by atoms with Crippen molar-refractivity contribution in [2.45, 2.75) is 59.9 Å². The van der Waals surface area contributed by atoms with Gasteiger partial charge in [-0.3, -0.25) is 4.90 Å². The molecule has 0 unspecified atom stereocenters. The van der Waals surface area contributed by atoms with E-state index in [0.29, 0.717) is 11.8 Å². The Hall–Kier alpha value is -0.800. The van der Waals surface area contributed by atoms with Gasteiger partial charge in [-0.2, -0.15) is 0 Å². The van der Waals surface area contributed by atoms with Crippen LogP contribution in [-0.2, 0) is 11.3 Å². The molecule has 0 aromatic carbocycles. The van der Waals surface area contributed by atoms with E-state index in [1.54, 1.807) is 11.3 Å². The summed E-state index contributed by atoms with van der Waals surface area (Å²) in [6, 6.07) is 0. The average molecular weight is 292 g/mol. The number of aromatic nitrogens is 1. The van der Waals surface area contributed by atoms with Gasteiger partial charge in [0, 0.05) is 37.6 Å². The number of morpholine rings is 1. The van der Waals surface area contributed by atoms with Gasteiger partial charge in [-0.05, 0) is 36.8 Å². The van der Waals surface area contributed by atoms with Gasteiger partial charge in [0.2, 0.25) is 0 Å². The lowest BCUT2D eigenvalue weighted by molar-refractivity contribution is 0.0362. The molecule has 3 nitrogen and oxygen atoms in total. The topological polar surface area (TPSA) is 17.4 Å². The van der Waals surface area contributed by atoms with Crippen LogP contribution < -0.4 is 0 Å². The molecule has 1 aliphatic heterocycles. The first kappa shape index (κ1) is 16.6. The second-order valence-electron chi connectivity index (χ2n) is 6.92. The lowest BCUT2D eigenvalue weighted by Gasteiger charge is -2.27. The molecule has 0 atom stereocenters. The highest BCUT2D eigenvalue weighted by atomic mass is 16.5. The highest BCUT2D eigenvalue weighted by Crippen LogP contribution is 2.33. The van der Waals surface area contributed by atoms with E-state index < -0.39 is 0 Å². The SMILES string of the molecule is Cc1c(C(C)C)c(C(C)C)n(CCN2CCOCC2)c1C. The van der Waals surface area contributed by atoms with Crippen LogP contribution in [0, 0.1) is 13.8 Å². The van der Waals surface area contributed by atoms with E-state index >= 15 is 0 Å². The Labute approximate surface area is 130 Å². The van der Waals surface area contributed by atoms with Crippen molar-refractivity contribution in [2.75, 3.05) is 32.8 Å². The molecular weight excluding hydrogens is 260 g/mol. The van der Waals surface area contributed by atoms with Crippen molar-refractivity contribution in [1.29, 1.82) is 0 Å². The second-order valence-corrected chi connectivity index (χ2v) is 6.92. The Morgan fingerprint density at radius 3 is 2.10 bits per heavy atom. The zero-order valence-corrected chi connectivity index (χ0v) is 14.7. The quantitative estimate of drug-likeness (QED) is 0.823. The molecule has 0 bridgehead atoms. The van der Waals surface area contributed by atoms with E-state index in [-0.39, 0.29) is 0 Å². The van der Waals surface area contributed by atoms with Gasteiger partial charge in [0.25, 0.3) is 0 Å². The molecule has 1 saturated heterocycles. The van der Waals surface area contributed by atoms with Crippen molar-refractivity contribution in [3.8, 4) is 0 Å². The van der Waals surface area contributed by atoms with Gasteiger partial charge < -0.3 is 9.30 Å². The minimum Gasteiger partial charge on any atom is -0.379 e. The van der Waals surface area contributed by atoms with Crippen molar-refractivity contribution in [1.82, 2.24) is 9.47 Å². The lowest BCUT2D eigenvalue weighted by Crippen LogP contribution is -2.38. The molecule has 0 aliphatic carbocycles. The fourth-order valence-corrected chi connectivity index (χ4v) is 3.62. The van der Waals surface area contributed by atoms with Crippen LogP contribution in [0.2, 0.25) is 0 Å². The monoisotopic (exact) mass is 292 g/mol. The van der Waals surface area contributed by atoms with Gasteiger partial charge in [-0.25, -0.2) is 0 Å². The van der Waals surface area contributed by atoms with Crippen molar-refractivity contribution >= 4 is 0 Å². The van der Waals surface area contributed by atoms with E-state index in [1.165, 1.54) is 11.3 Å². The summed E-state index contributed by atoms with van der Waals surface area (Å²) in [6.45, 7) is 20.0. The minimum absolute atomic E-state index is 0.583. The van der Waals surface area contributed by atoms with E-state index in [9.17, 15) is 0 Å². The maximum Gasteiger partial charge on any atom is 0.0594 e. The van der Waals surface area contributed by atoms with Gasteiger partial charge in [-0.1, -0.05) is 27.7 Å². The van der Waals surface area contributed by atoms with Gasteiger partial charge in [0.1, 0.15) is 0 Å². The van der Waals surface area contributed by atoms with Gasteiger partial charge in [0.05, 0.1) is 13.2 Å². The first-order valence-corrected chi connectivity index (χ1v) is 8.43. The molecule has 3 heteroatoms. The Morgan fingerprint density at radius 1 is 0.952 bits per heavy atom. The summed E-state index contributed by atoms with van der Waals surface area (Å²) >= 11 is 0. The number of hydrogen-bond donors (Lipinski definition) is 0. The third kappa shape index (κ3) is 3.51. The zero-order valence-electron chi connectivity index (χ0n) is 14.7. The molecule has 0 spiro atoms. The summed E-state index contributed by atoms with van der Waals surface area (Å²) in [7, 11) is 0. The van der Waals surface area contributed by atoms with Crippen LogP contribution in [-0.4, -0.2) is 42.3 Å². The normalized spacial score (nSPS) is 17.1. The fraction of sp³-hybridized carbons (Fsp3) is 0.778. The van der Waals surface area contributed by atoms with Crippen LogP contribution in [0.1, 0.15) is 62.0 Å². The molecule has 21 heavy (non-hydrogen) atoms. The maximum atomic E-state index is 5.44. The number of ether oxygens (including phenoxy) is 1. The highest BCUT2D eigenvalue weighted by Gasteiger charge is 2.22. The van der Waals surface area contributed by atoms with E-state index in [2.05, 4.69) is 51.0 Å². The summed E-state index contributed by atoms with van der Waals surface area (Å²) < 4.78 is 8.02. The predicted octanol–water partition coefficient (Wildman–Crippen LogP) is 3.68. The Morgan fingerprint density at radius 2 is 1.57 bits per heavy atom. The third-order valence-corrected chi connectivity index (χ3v) is 4.79. The molecule has 1 aromatic rings. The molecule has 1 aliphatic rings. The third-order valence-electron chi connectivity index (χ3n) is 4.79. The molecule has 1 fully saturated rings. The standard InChI is InChI=1S/C18H32N2O/c1-13(2)17-15(5)16(6)20(18(17)14(3)4)8-7-19-9-11-21-12-10-19/h13-14H,7-12H2,1-6H3. The summed E-state index contributed by atoms with van der Waals surface area (Å²) in [5, 5.41) is 0. The van der Waals surface area contributed by atoms with Gasteiger partial charge in [-0.15, -0.1) is 0 Å². The van der Waals surface area contributed by atoms with Crippen LogP contribution in [0.5, 0.6) is 0 Å². The van der Waals surface area contributed by atoms with Crippen molar-refractivity contribution in [3.63, 3.8) is 0 Å². The fourth-order valence-electron chi connectivity index (χ4n) is 3.62. The molecule has 0 N–H and O–H groups in total. The molecular formula is C18H32N2O.